The van der Waals surface area contributed by atoms with E-state index in [2.05, 4.69) is 53.2 Å². The number of aryl methyl sites for hydroxylation is 2. The number of ether oxygens (including phenoxy) is 1. The molecule has 0 atom stereocenters. The van der Waals surface area contributed by atoms with Crippen LogP contribution in [0, 0.1) is 6.92 Å². The van der Waals surface area contributed by atoms with Crippen LogP contribution in [-0.2, 0) is 11.3 Å². The topological polar surface area (TPSA) is 56.1 Å². The van der Waals surface area contributed by atoms with Gasteiger partial charge in [0.15, 0.2) is 0 Å². The number of nitrogens with zero attached hydrogens (tertiary/aromatic N) is 2. The summed E-state index contributed by atoms with van der Waals surface area (Å²) in [5, 5.41) is 3.46. The second-order valence-corrected chi connectivity index (χ2v) is 9.95. The zero-order chi connectivity index (χ0) is 28.1. The van der Waals surface area contributed by atoms with Gasteiger partial charge in [0, 0.05) is 30.9 Å². The molecule has 0 radical (unpaired) electrons. The van der Waals surface area contributed by atoms with Crippen molar-refractivity contribution in [2.45, 2.75) is 27.3 Å². The molecule has 0 bridgehead atoms. The minimum Gasteiger partial charge on any atom is -0.457 e. The number of aromatic nitrogens is 2. The number of carbonyl (C=O) groups is 1. The number of imidazole rings is 1. The molecule has 0 saturated heterocycles. The Morgan fingerprint density at radius 3 is 2.12 bits per heavy atom. The van der Waals surface area contributed by atoms with Crippen LogP contribution in [0.3, 0.4) is 0 Å². The highest BCUT2D eigenvalue weighted by molar-refractivity contribution is 6.33. The zero-order valence-corrected chi connectivity index (χ0v) is 23.4. The third kappa shape index (κ3) is 6.50. The molecule has 0 aliphatic heterocycles. The van der Waals surface area contributed by atoms with E-state index < -0.39 is 0 Å². The van der Waals surface area contributed by atoms with Crippen molar-refractivity contribution in [3.63, 3.8) is 0 Å². The quantitative estimate of drug-likeness (QED) is 0.211. The first-order chi connectivity index (χ1) is 19.4. The lowest BCUT2D eigenvalue weighted by atomic mass is 10.0. The van der Waals surface area contributed by atoms with E-state index in [1.165, 1.54) is 6.92 Å². The van der Waals surface area contributed by atoms with Crippen molar-refractivity contribution in [3.05, 3.63) is 119 Å². The first-order valence-electron chi connectivity index (χ1n) is 13.2. The summed E-state index contributed by atoms with van der Waals surface area (Å²) in [6.07, 6.45) is 6.17. The van der Waals surface area contributed by atoms with E-state index in [0.29, 0.717) is 10.8 Å². The molecular weight excluding hydrogens is 518 g/mol. The highest BCUT2D eigenvalue weighted by Gasteiger charge is 2.10. The minimum atomic E-state index is -0.102. The number of nitrogens with one attached hydrogen (secondary N) is 1. The summed E-state index contributed by atoms with van der Waals surface area (Å²) >= 11 is 6.49. The van der Waals surface area contributed by atoms with Gasteiger partial charge in [-0.05, 0) is 84.6 Å². The van der Waals surface area contributed by atoms with Crippen LogP contribution in [0.5, 0.6) is 11.5 Å². The molecule has 1 N–H and O–H groups in total. The second kappa shape index (κ2) is 12.1. The highest BCUT2D eigenvalue weighted by Crippen LogP contribution is 2.29. The Balaban J connectivity index is 1.25. The number of carbonyl (C=O) groups excluding carboxylic acids is 1. The number of hydrogen-bond acceptors (Lipinski definition) is 3. The van der Waals surface area contributed by atoms with Crippen molar-refractivity contribution >= 4 is 35.3 Å². The van der Waals surface area contributed by atoms with Gasteiger partial charge in [0.2, 0.25) is 5.91 Å². The maximum atomic E-state index is 11.2. The first-order valence-corrected chi connectivity index (χ1v) is 13.5. The molecule has 0 aliphatic carbocycles. The molecule has 4 aromatic carbocycles. The number of anilines is 1. The minimum absolute atomic E-state index is 0.102. The third-order valence-electron chi connectivity index (χ3n) is 6.48. The summed E-state index contributed by atoms with van der Waals surface area (Å²) in [6.45, 7) is 6.44. The molecule has 1 heterocycles. The van der Waals surface area contributed by atoms with Crippen molar-refractivity contribution in [1.82, 2.24) is 9.55 Å². The SMILES string of the molecule is CCn1cc(-c2ccc(C)cc2Cl)nc1/C=C/c1ccc(-c2ccc(Oc3ccc(NC(C)=O)cc3)cc2)cc1. The Labute approximate surface area is 239 Å². The van der Waals surface area contributed by atoms with Gasteiger partial charge in [0.1, 0.15) is 17.3 Å². The molecular formula is C34H30ClN3O2. The van der Waals surface area contributed by atoms with Crippen molar-refractivity contribution in [3.8, 4) is 33.9 Å². The summed E-state index contributed by atoms with van der Waals surface area (Å²) in [4.78, 5) is 16.0. The molecule has 1 amide bonds. The monoisotopic (exact) mass is 547 g/mol. The number of halogens is 1. The maximum Gasteiger partial charge on any atom is 0.221 e. The fourth-order valence-electron chi connectivity index (χ4n) is 4.39. The average Bonchev–Trinajstić information content (AvgIpc) is 3.36. The number of benzene rings is 4. The van der Waals surface area contributed by atoms with Crippen LogP contribution in [0.1, 0.15) is 30.8 Å². The summed E-state index contributed by atoms with van der Waals surface area (Å²) in [5.41, 5.74) is 6.99. The van der Waals surface area contributed by atoms with Crippen LogP contribution in [0.15, 0.2) is 97.2 Å². The van der Waals surface area contributed by atoms with Crippen LogP contribution in [0.2, 0.25) is 5.02 Å². The van der Waals surface area contributed by atoms with E-state index in [1.807, 2.05) is 79.9 Å². The Bertz CT molecular complexity index is 1650. The van der Waals surface area contributed by atoms with Crippen molar-refractivity contribution in [2.24, 2.45) is 0 Å². The van der Waals surface area contributed by atoms with Crippen molar-refractivity contribution < 1.29 is 9.53 Å². The fourth-order valence-corrected chi connectivity index (χ4v) is 4.72. The smallest absolute Gasteiger partial charge is 0.221 e. The van der Waals surface area contributed by atoms with E-state index in [4.69, 9.17) is 21.3 Å². The van der Waals surface area contributed by atoms with E-state index in [9.17, 15) is 4.79 Å². The normalized spacial score (nSPS) is 11.1. The molecule has 200 valence electrons. The van der Waals surface area contributed by atoms with Crippen molar-refractivity contribution in [2.75, 3.05) is 5.32 Å². The predicted molar refractivity (Wildman–Crippen MR) is 165 cm³/mol. The van der Waals surface area contributed by atoms with Gasteiger partial charge >= 0.3 is 0 Å². The van der Waals surface area contributed by atoms with Crippen molar-refractivity contribution in [1.29, 1.82) is 0 Å². The first kappa shape index (κ1) is 27.0. The molecule has 5 nitrogen and oxygen atoms in total. The van der Waals surface area contributed by atoms with E-state index >= 15 is 0 Å². The molecule has 1 aromatic heterocycles. The maximum absolute atomic E-state index is 11.2. The molecule has 6 heteroatoms. The fraction of sp³-hybridized carbons (Fsp3) is 0.118. The Morgan fingerprint density at radius 1 is 0.900 bits per heavy atom. The summed E-state index contributed by atoms with van der Waals surface area (Å²) in [6, 6.07) is 29.8. The van der Waals surface area contributed by atoms with Gasteiger partial charge < -0.3 is 14.6 Å². The highest BCUT2D eigenvalue weighted by atomic mass is 35.5. The molecule has 0 fully saturated rings. The van der Waals surface area contributed by atoms with Gasteiger partial charge in [-0.25, -0.2) is 4.98 Å². The van der Waals surface area contributed by atoms with E-state index in [-0.39, 0.29) is 5.91 Å². The lowest BCUT2D eigenvalue weighted by Gasteiger charge is -2.08. The second-order valence-electron chi connectivity index (χ2n) is 9.54. The van der Waals surface area contributed by atoms with Crippen LogP contribution < -0.4 is 10.1 Å². The average molecular weight is 548 g/mol. The Kier molecular flexibility index (Phi) is 8.13. The van der Waals surface area contributed by atoms with Crippen LogP contribution in [-0.4, -0.2) is 15.5 Å². The number of hydrogen-bond donors (Lipinski definition) is 1. The number of rotatable bonds is 8. The molecule has 0 unspecified atom stereocenters. The molecule has 0 aliphatic rings. The van der Waals surface area contributed by atoms with Gasteiger partial charge in [-0.15, -0.1) is 0 Å². The summed E-state index contributed by atoms with van der Waals surface area (Å²) < 4.78 is 8.07. The summed E-state index contributed by atoms with van der Waals surface area (Å²) in [5.74, 6) is 2.23. The van der Waals surface area contributed by atoms with Crippen LogP contribution in [0.25, 0.3) is 34.5 Å². The largest absolute Gasteiger partial charge is 0.457 e. The Morgan fingerprint density at radius 2 is 1.52 bits per heavy atom. The molecule has 0 spiro atoms. The van der Waals surface area contributed by atoms with Gasteiger partial charge in [0.05, 0.1) is 10.7 Å². The van der Waals surface area contributed by atoms with Gasteiger partial charge in [0.25, 0.3) is 0 Å². The third-order valence-corrected chi connectivity index (χ3v) is 6.79. The van der Waals surface area contributed by atoms with Gasteiger partial charge in [-0.3, -0.25) is 4.79 Å². The molecule has 40 heavy (non-hydrogen) atoms. The molecule has 5 aromatic rings. The van der Waals surface area contributed by atoms with Gasteiger partial charge in [-0.1, -0.05) is 66.2 Å². The predicted octanol–water partition coefficient (Wildman–Crippen LogP) is 9.12. The standard InChI is InChI=1S/C34H30ClN3O2/c1-4-38-22-33(31-19-5-23(2)21-32(31)35)37-34(38)20-8-25-6-9-26(10-7-25)27-11-15-29(16-12-27)40-30-17-13-28(14-18-30)36-24(3)39/h5-22H,4H2,1-3H3,(H,36,39)/b20-8+. The zero-order valence-electron chi connectivity index (χ0n) is 22.7. The summed E-state index contributed by atoms with van der Waals surface area (Å²) in [7, 11) is 0. The lowest BCUT2D eigenvalue weighted by molar-refractivity contribution is -0.114. The molecule has 5 rings (SSSR count). The molecule has 0 saturated carbocycles. The van der Waals surface area contributed by atoms with Gasteiger partial charge in [-0.2, -0.15) is 0 Å². The van der Waals surface area contributed by atoms with E-state index in [0.717, 1.165) is 57.3 Å². The number of amides is 1. The van der Waals surface area contributed by atoms with Crippen LogP contribution in [0.4, 0.5) is 5.69 Å². The Hall–Kier alpha value is -4.61. The van der Waals surface area contributed by atoms with Crippen LogP contribution >= 0.6 is 11.6 Å². The van der Waals surface area contributed by atoms with E-state index in [1.54, 1.807) is 0 Å². The lowest BCUT2D eigenvalue weighted by Crippen LogP contribution is -2.05.